The Bertz CT molecular complexity index is 1030. The van der Waals surface area contributed by atoms with Gasteiger partial charge in [0.2, 0.25) is 0 Å². The van der Waals surface area contributed by atoms with Gasteiger partial charge in [0.1, 0.15) is 0 Å². The van der Waals surface area contributed by atoms with Crippen LogP contribution in [-0.4, -0.2) is 45.1 Å². The zero-order valence-corrected chi connectivity index (χ0v) is 15.8. The van der Waals surface area contributed by atoms with Gasteiger partial charge in [-0.15, -0.1) is 11.3 Å². The van der Waals surface area contributed by atoms with Crippen molar-refractivity contribution < 1.29 is 9.59 Å². The molecule has 138 valence electrons. The number of nitrogens with one attached hydrogen (secondary N) is 1. The Kier molecular flexibility index (Phi) is 3.79. The number of aromatic nitrogens is 2. The minimum Gasteiger partial charge on any atom is -0.347 e. The second-order valence-electron chi connectivity index (χ2n) is 7.41. The van der Waals surface area contributed by atoms with Crippen molar-refractivity contribution in [2.24, 2.45) is 13.0 Å². The van der Waals surface area contributed by atoms with Gasteiger partial charge < -0.3 is 10.2 Å². The minimum atomic E-state index is -0.0433. The van der Waals surface area contributed by atoms with E-state index >= 15 is 0 Å². The lowest BCUT2D eigenvalue weighted by Crippen LogP contribution is -2.52. The lowest BCUT2D eigenvalue weighted by Gasteiger charge is -2.33. The highest BCUT2D eigenvalue weighted by Gasteiger charge is 2.48. The van der Waals surface area contributed by atoms with E-state index < -0.39 is 0 Å². The number of para-hydroxylation sites is 1. The molecule has 1 N–H and O–H groups in total. The van der Waals surface area contributed by atoms with Gasteiger partial charge in [-0.05, 0) is 36.3 Å². The molecule has 27 heavy (non-hydrogen) atoms. The Morgan fingerprint density at radius 3 is 2.81 bits per heavy atom. The normalized spacial score (nSPS) is 23.9. The summed E-state index contributed by atoms with van der Waals surface area (Å²) in [4.78, 5) is 28.3. The summed E-state index contributed by atoms with van der Waals surface area (Å²) in [5.74, 6) is 0.371. The Balaban J connectivity index is 1.39. The largest absolute Gasteiger partial charge is 0.347 e. The summed E-state index contributed by atoms with van der Waals surface area (Å²) in [6.45, 7) is 0.750. The minimum absolute atomic E-state index is 0.0114. The van der Waals surface area contributed by atoms with Gasteiger partial charge in [0.25, 0.3) is 11.8 Å². The van der Waals surface area contributed by atoms with E-state index in [2.05, 4.69) is 10.4 Å². The molecule has 2 aromatic heterocycles. The number of rotatable bonds is 3. The molecule has 3 aromatic rings. The Morgan fingerprint density at radius 2 is 2.04 bits per heavy atom. The van der Waals surface area contributed by atoms with E-state index in [1.54, 1.807) is 4.68 Å². The molecule has 3 unspecified atom stereocenters. The predicted octanol–water partition coefficient (Wildman–Crippen LogP) is 2.67. The van der Waals surface area contributed by atoms with Crippen LogP contribution in [0.15, 0.2) is 41.8 Å². The lowest BCUT2D eigenvalue weighted by atomic mass is 10.0. The number of thiophene rings is 1. The third-order valence-corrected chi connectivity index (χ3v) is 6.63. The van der Waals surface area contributed by atoms with Gasteiger partial charge in [-0.25, -0.2) is 0 Å². The number of hydrogen-bond donors (Lipinski definition) is 1. The van der Waals surface area contributed by atoms with Crippen LogP contribution in [0.3, 0.4) is 0 Å². The number of carbonyl (C=O) groups is 2. The van der Waals surface area contributed by atoms with Crippen molar-refractivity contribution in [2.75, 3.05) is 6.54 Å². The molecule has 0 radical (unpaired) electrons. The number of hydrogen-bond acceptors (Lipinski definition) is 4. The molecule has 6 nitrogen and oxygen atoms in total. The molecule has 2 amide bonds. The smallest absolute Gasteiger partial charge is 0.275 e. The first-order valence-electron chi connectivity index (χ1n) is 9.19. The molecule has 1 aromatic carbocycles. The standard InChI is InChI=1S/C20H20N4O2S/c1-23-15-6-3-2-5-13(15)18(22-23)20(26)24-11-12-9-14(16(24)10-12)21-19(25)17-7-4-8-27-17/h2-8,12,14,16H,9-11H2,1H3,(H,21,25). The number of aryl methyl sites for hydroxylation is 1. The van der Waals surface area contributed by atoms with Gasteiger partial charge in [-0.3, -0.25) is 14.3 Å². The molecule has 1 saturated heterocycles. The van der Waals surface area contributed by atoms with Crippen LogP contribution in [-0.2, 0) is 7.05 Å². The third-order valence-electron chi connectivity index (χ3n) is 5.76. The average molecular weight is 380 g/mol. The van der Waals surface area contributed by atoms with Gasteiger partial charge >= 0.3 is 0 Å². The maximum Gasteiger partial charge on any atom is 0.275 e. The predicted molar refractivity (Wildman–Crippen MR) is 104 cm³/mol. The summed E-state index contributed by atoms with van der Waals surface area (Å²) >= 11 is 1.44. The van der Waals surface area contributed by atoms with Crippen molar-refractivity contribution in [3.63, 3.8) is 0 Å². The number of fused-ring (bicyclic) bond motifs is 3. The average Bonchev–Trinajstić information content (AvgIpc) is 3.45. The van der Waals surface area contributed by atoms with Crippen molar-refractivity contribution >= 4 is 34.1 Å². The monoisotopic (exact) mass is 380 g/mol. The molecule has 5 rings (SSSR count). The van der Waals surface area contributed by atoms with Gasteiger partial charge in [0.15, 0.2) is 5.69 Å². The summed E-state index contributed by atoms with van der Waals surface area (Å²) in [6.07, 6.45) is 1.89. The van der Waals surface area contributed by atoms with Crippen molar-refractivity contribution in [3.8, 4) is 0 Å². The quantitative estimate of drug-likeness (QED) is 0.760. The third kappa shape index (κ3) is 2.65. The van der Waals surface area contributed by atoms with Crippen LogP contribution in [0.2, 0.25) is 0 Å². The van der Waals surface area contributed by atoms with E-state index in [-0.39, 0.29) is 23.9 Å². The van der Waals surface area contributed by atoms with Crippen LogP contribution in [0.1, 0.15) is 33.0 Å². The van der Waals surface area contributed by atoms with E-state index in [1.807, 2.05) is 53.7 Å². The van der Waals surface area contributed by atoms with Gasteiger partial charge in [0, 0.05) is 25.0 Å². The summed E-state index contributed by atoms with van der Waals surface area (Å²) in [7, 11) is 1.86. The van der Waals surface area contributed by atoms with Gasteiger partial charge in [0.05, 0.1) is 16.4 Å². The number of amides is 2. The highest BCUT2D eigenvalue weighted by atomic mass is 32.1. The SMILES string of the molecule is Cn1nc(C(=O)N2CC3CC(NC(=O)c4cccs4)C2C3)c2ccccc21. The summed E-state index contributed by atoms with van der Waals surface area (Å²) in [5, 5.41) is 10.4. The summed E-state index contributed by atoms with van der Waals surface area (Å²) in [6, 6.07) is 11.6. The van der Waals surface area contributed by atoms with E-state index in [0.717, 1.165) is 30.3 Å². The number of likely N-dealkylation sites (tertiary alicyclic amines) is 1. The molecular weight excluding hydrogens is 360 g/mol. The number of piperidine rings is 1. The van der Waals surface area contributed by atoms with Crippen LogP contribution < -0.4 is 5.32 Å². The first-order chi connectivity index (χ1) is 13.1. The molecule has 3 atom stereocenters. The first kappa shape index (κ1) is 16.5. The molecule has 3 heterocycles. The number of benzene rings is 1. The fourth-order valence-electron chi connectivity index (χ4n) is 4.57. The second-order valence-corrected chi connectivity index (χ2v) is 8.36. The van der Waals surface area contributed by atoms with E-state index in [4.69, 9.17) is 0 Å². The summed E-state index contributed by atoms with van der Waals surface area (Å²) < 4.78 is 1.76. The fraction of sp³-hybridized carbons (Fsp3) is 0.350. The molecule has 7 heteroatoms. The van der Waals surface area contributed by atoms with E-state index in [9.17, 15) is 9.59 Å². The van der Waals surface area contributed by atoms with Crippen LogP contribution in [0.25, 0.3) is 10.9 Å². The van der Waals surface area contributed by atoms with E-state index in [1.165, 1.54) is 11.3 Å². The Hall–Kier alpha value is -2.67. The lowest BCUT2D eigenvalue weighted by molar-refractivity contribution is 0.0644. The number of carbonyl (C=O) groups excluding carboxylic acids is 2. The van der Waals surface area contributed by atoms with E-state index in [0.29, 0.717) is 16.5 Å². The first-order valence-corrected chi connectivity index (χ1v) is 10.1. The Labute approximate surface area is 160 Å². The van der Waals surface area contributed by atoms with Crippen molar-refractivity contribution in [1.82, 2.24) is 20.0 Å². The van der Waals surface area contributed by atoms with Crippen molar-refractivity contribution in [1.29, 1.82) is 0 Å². The molecule has 2 aliphatic rings. The summed E-state index contributed by atoms with van der Waals surface area (Å²) in [5.41, 5.74) is 1.46. The Morgan fingerprint density at radius 1 is 1.19 bits per heavy atom. The molecule has 2 fully saturated rings. The second kappa shape index (κ2) is 6.20. The van der Waals surface area contributed by atoms with Crippen LogP contribution in [0.5, 0.6) is 0 Å². The topological polar surface area (TPSA) is 67.2 Å². The zero-order chi connectivity index (χ0) is 18.5. The van der Waals surface area contributed by atoms with Crippen molar-refractivity contribution in [2.45, 2.75) is 24.9 Å². The fourth-order valence-corrected chi connectivity index (χ4v) is 5.20. The highest BCUT2D eigenvalue weighted by Crippen LogP contribution is 2.39. The highest BCUT2D eigenvalue weighted by molar-refractivity contribution is 7.12. The zero-order valence-electron chi connectivity index (χ0n) is 15.0. The molecule has 1 aliphatic heterocycles. The van der Waals surface area contributed by atoms with Crippen LogP contribution in [0.4, 0.5) is 0 Å². The maximum atomic E-state index is 13.3. The van der Waals surface area contributed by atoms with Crippen molar-refractivity contribution in [3.05, 3.63) is 52.3 Å². The van der Waals surface area contributed by atoms with Gasteiger partial charge in [-0.2, -0.15) is 5.10 Å². The maximum absolute atomic E-state index is 13.3. The van der Waals surface area contributed by atoms with Crippen LogP contribution >= 0.6 is 11.3 Å². The molecule has 1 aliphatic carbocycles. The molecule has 1 saturated carbocycles. The molecular formula is C20H20N4O2S. The molecule has 2 bridgehead atoms. The van der Waals surface area contributed by atoms with Gasteiger partial charge in [-0.1, -0.05) is 24.3 Å². The van der Waals surface area contributed by atoms with Crippen LogP contribution in [0, 0.1) is 5.92 Å². The number of nitrogens with zero attached hydrogens (tertiary/aromatic N) is 3. The molecule has 0 spiro atoms.